The number of likely N-dealkylation sites (tertiary alicyclic amines) is 1. The minimum Gasteiger partial charge on any atom is -0.497 e. The van der Waals surface area contributed by atoms with E-state index in [9.17, 15) is 14.4 Å². The summed E-state index contributed by atoms with van der Waals surface area (Å²) in [6, 6.07) is 13.5. The number of methoxy groups -OCH3 is 2. The normalized spacial score (nSPS) is 21.9. The van der Waals surface area contributed by atoms with Crippen LogP contribution in [0.5, 0.6) is 11.5 Å². The van der Waals surface area contributed by atoms with Gasteiger partial charge in [0, 0.05) is 12.1 Å². The SMILES string of the molecule is COc1ccc(C2(c3ccc(OC)cc3)NC(=O)N(CC(=O)N3C(C)CCCC3C)C2=O)cc1. The monoisotopic (exact) mass is 465 g/mol. The molecule has 2 heterocycles. The molecule has 2 fully saturated rings. The number of amides is 4. The molecule has 4 rings (SSSR count). The van der Waals surface area contributed by atoms with Crippen molar-refractivity contribution >= 4 is 17.8 Å². The minimum absolute atomic E-state index is 0.0740. The number of urea groups is 1. The zero-order valence-electron chi connectivity index (χ0n) is 20.0. The van der Waals surface area contributed by atoms with Gasteiger partial charge in [0.2, 0.25) is 5.91 Å². The molecule has 2 aliphatic heterocycles. The molecule has 0 aromatic heterocycles. The summed E-state index contributed by atoms with van der Waals surface area (Å²) in [6.45, 7) is 3.73. The van der Waals surface area contributed by atoms with E-state index >= 15 is 0 Å². The summed E-state index contributed by atoms with van der Waals surface area (Å²) in [5.74, 6) is 0.554. The van der Waals surface area contributed by atoms with E-state index < -0.39 is 17.5 Å². The average Bonchev–Trinajstić information content (AvgIpc) is 3.09. The van der Waals surface area contributed by atoms with Crippen LogP contribution in [0.15, 0.2) is 48.5 Å². The predicted molar refractivity (Wildman–Crippen MR) is 127 cm³/mol. The Bertz CT molecular complexity index is 1010. The number of benzene rings is 2. The number of nitrogens with one attached hydrogen (secondary N) is 1. The van der Waals surface area contributed by atoms with Crippen LogP contribution in [0.4, 0.5) is 4.79 Å². The van der Waals surface area contributed by atoms with Gasteiger partial charge in [-0.3, -0.25) is 14.5 Å². The van der Waals surface area contributed by atoms with Crippen molar-refractivity contribution in [1.82, 2.24) is 15.1 Å². The zero-order chi connectivity index (χ0) is 24.5. The van der Waals surface area contributed by atoms with Crippen LogP contribution in [-0.2, 0) is 15.1 Å². The Morgan fingerprint density at radius 1 is 0.912 bits per heavy atom. The van der Waals surface area contributed by atoms with Gasteiger partial charge < -0.3 is 19.7 Å². The summed E-state index contributed by atoms with van der Waals surface area (Å²) >= 11 is 0. The van der Waals surface area contributed by atoms with E-state index in [1.54, 1.807) is 62.8 Å². The summed E-state index contributed by atoms with van der Waals surface area (Å²) in [5, 5.41) is 2.89. The number of imide groups is 1. The molecule has 8 nitrogen and oxygen atoms in total. The number of piperidine rings is 1. The number of carbonyl (C=O) groups is 3. The van der Waals surface area contributed by atoms with Gasteiger partial charge in [-0.2, -0.15) is 0 Å². The third kappa shape index (κ3) is 3.97. The molecular weight excluding hydrogens is 434 g/mol. The molecule has 0 spiro atoms. The molecule has 2 aromatic rings. The smallest absolute Gasteiger partial charge is 0.326 e. The zero-order valence-corrected chi connectivity index (χ0v) is 20.0. The number of ether oxygens (including phenoxy) is 2. The highest BCUT2D eigenvalue weighted by atomic mass is 16.5. The molecule has 0 bridgehead atoms. The predicted octanol–water partition coefficient (Wildman–Crippen LogP) is 3.29. The molecular formula is C26H31N3O5. The van der Waals surface area contributed by atoms with E-state index in [0.717, 1.165) is 24.2 Å². The molecule has 2 aromatic carbocycles. The topological polar surface area (TPSA) is 88.2 Å². The van der Waals surface area contributed by atoms with E-state index in [2.05, 4.69) is 5.32 Å². The first-order valence-electron chi connectivity index (χ1n) is 11.6. The molecule has 2 aliphatic rings. The fourth-order valence-corrected chi connectivity index (χ4v) is 5.09. The van der Waals surface area contributed by atoms with E-state index in [0.29, 0.717) is 22.6 Å². The van der Waals surface area contributed by atoms with Crippen molar-refractivity contribution in [3.63, 3.8) is 0 Å². The molecule has 34 heavy (non-hydrogen) atoms. The van der Waals surface area contributed by atoms with Crippen LogP contribution < -0.4 is 14.8 Å². The van der Waals surface area contributed by atoms with Crippen LogP contribution in [0.2, 0.25) is 0 Å². The lowest BCUT2D eigenvalue weighted by molar-refractivity contribution is -0.142. The molecule has 0 radical (unpaired) electrons. The first-order chi connectivity index (χ1) is 16.3. The van der Waals surface area contributed by atoms with E-state index in [1.165, 1.54) is 0 Å². The van der Waals surface area contributed by atoms with Crippen LogP contribution in [-0.4, -0.2) is 60.5 Å². The van der Waals surface area contributed by atoms with Gasteiger partial charge in [-0.05, 0) is 68.5 Å². The Balaban J connectivity index is 1.71. The lowest BCUT2D eigenvalue weighted by Gasteiger charge is -2.39. The lowest BCUT2D eigenvalue weighted by Crippen LogP contribution is -2.52. The van der Waals surface area contributed by atoms with Crippen molar-refractivity contribution < 1.29 is 23.9 Å². The highest BCUT2D eigenvalue weighted by molar-refractivity contribution is 6.11. The van der Waals surface area contributed by atoms with Gasteiger partial charge in [-0.1, -0.05) is 24.3 Å². The maximum Gasteiger partial charge on any atom is 0.326 e. The number of rotatable bonds is 6. The summed E-state index contributed by atoms with van der Waals surface area (Å²) in [4.78, 5) is 43.2. The molecule has 4 amide bonds. The van der Waals surface area contributed by atoms with Crippen LogP contribution in [0.3, 0.4) is 0 Å². The van der Waals surface area contributed by atoms with Crippen molar-refractivity contribution in [1.29, 1.82) is 0 Å². The summed E-state index contributed by atoms with van der Waals surface area (Å²) < 4.78 is 10.5. The molecule has 2 saturated heterocycles. The van der Waals surface area contributed by atoms with Crippen LogP contribution in [0.1, 0.15) is 44.2 Å². The fraction of sp³-hybridized carbons (Fsp3) is 0.423. The van der Waals surface area contributed by atoms with Crippen molar-refractivity contribution in [2.24, 2.45) is 0 Å². The Labute approximate surface area is 199 Å². The third-order valence-electron chi connectivity index (χ3n) is 6.93. The highest BCUT2D eigenvalue weighted by Gasteiger charge is 2.54. The number of hydrogen-bond acceptors (Lipinski definition) is 5. The largest absolute Gasteiger partial charge is 0.497 e. The van der Waals surface area contributed by atoms with Gasteiger partial charge in [-0.15, -0.1) is 0 Å². The van der Waals surface area contributed by atoms with Gasteiger partial charge in [0.05, 0.1) is 14.2 Å². The molecule has 180 valence electrons. The maximum atomic E-state index is 13.9. The van der Waals surface area contributed by atoms with Crippen LogP contribution in [0, 0.1) is 0 Å². The van der Waals surface area contributed by atoms with Gasteiger partial charge in [0.15, 0.2) is 5.54 Å². The van der Waals surface area contributed by atoms with Gasteiger partial charge in [0.1, 0.15) is 18.0 Å². The van der Waals surface area contributed by atoms with Gasteiger partial charge in [-0.25, -0.2) is 4.79 Å². The molecule has 2 atom stereocenters. The second-order valence-corrected chi connectivity index (χ2v) is 8.96. The first-order valence-corrected chi connectivity index (χ1v) is 11.6. The van der Waals surface area contributed by atoms with E-state index in [4.69, 9.17) is 9.47 Å². The lowest BCUT2D eigenvalue weighted by atomic mass is 9.82. The molecule has 0 aliphatic carbocycles. The van der Waals surface area contributed by atoms with Crippen molar-refractivity contribution in [3.05, 3.63) is 59.7 Å². The molecule has 2 unspecified atom stereocenters. The Morgan fingerprint density at radius 3 is 1.82 bits per heavy atom. The van der Waals surface area contributed by atoms with E-state index in [-0.39, 0.29) is 24.5 Å². The highest BCUT2D eigenvalue weighted by Crippen LogP contribution is 2.37. The Hall–Kier alpha value is -3.55. The summed E-state index contributed by atoms with van der Waals surface area (Å²) in [7, 11) is 3.12. The summed E-state index contributed by atoms with van der Waals surface area (Å²) in [6.07, 6.45) is 2.89. The second kappa shape index (κ2) is 9.37. The molecule has 8 heteroatoms. The van der Waals surface area contributed by atoms with Gasteiger partial charge >= 0.3 is 6.03 Å². The molecule has 1 N–H and O–H groups in total. The van der Waals surface area contributed by atoms with Crippen molar-refractivity contribution in [2.45, 2.75) is 50.7 Å². The number of carbonyl (C=O) groups excluding carboxylic acids is 3. The van der Waals surface area contributed by atoms with Crippen LogP contribution in [0.25, 0.3) is 0 Å². The quantitative estimate of drug-likeness (QED) is 0.662. The summed E-state index contributed by atoms with van der Waals surface area (Å²) in [5.41, 5.74) is -0.312. The standard InChI is InChI=1S/C26H31N3O5/c1-17-6-5-7-18(2)29(17)23(30)16-28-24(31)26(27-25(28)32,19-8-12-21(33-3)13-9-19)20-10-14-22(34-4)15-11-20/h8-15,17-18H,5-7,16H2,1-4H3,(H,27,32). The number of nitrogens with zero attached hydrogens (tertiary/aromatic N) is 2. The minimum atomic E-state index is -1.46. The van der Waals surface area contributed by atoms with Gasteiger partial charge in [0.25, 0.3) is 5.91 Å². The third-order valence-corrected chi connectivity index (χ3v) is 6.93. The Morgan fingerprint density at radius 2 is 1.38 bits per heavy atom. The average molecular weight is 466 g/mol. The van der Waals surface area contributed by atoms with Crippen molar-refractivity contribution in [3.8, 4) is 11.5 Å². The first kappa shape index (κ1) is 23.6. The Kier molecular flexibility index (Phi) is 6.50. The fourth-order valence-electron chi connectivity index (χ4n) is 5.09. The maximum absolute atomic E-state index is 13.9. The van der Waals surface area contributed by atoms with Crippen LogP contribution >= 0.6 is 0 Å². The molecule has 0 saturated carbocycles. The number of hydrogen-bond donors (Lipinski definition) is 1. The second-order valence-electron chi connectivity index (χ2n) is 8.96. The van der Waals surface area contributed by atoms with Crippen molar-refractivity contribution in [2.75, 3.05) is 20.8 Å². The van der Waals surface area contributed by atoms with E-state index in [1.807, 2.05) is 18.7 Å².